The lowest BCUT2D eigenvalue weighted by Gasteiger charge is -2.11. The van der Waals surface area contributed by atoms with Crippen LogP contribution in [0.1, 0.15) is 0 Å². The molecule has 4 heterocycles. The topological polar surface area (TPSA) is 60.4 Å². The van der Waals surface area contributed by atoms with E-state index >= 15 is 0 Å². The zero-order valence-corrected chi connectivity index (χ0v) is 35.5. The van der Waals surface area contributed by atoms with Crippen molar-refractivity contribution in [1.82, 2.24) is 28.7 Å². The molecule has 0 aliphatic carbocycles. The smallest absolute Gasteiger partial charge is 0.220 e. The van der Waals surface area contributed by atoms with E-state index in [9.17, 15) is 0 Å². The number of hydrogen-bond acceptors (Lipinski definition) is 4. The van der Waals surface area contributed by atoms with Gasteiger partial charge in [0.25, 0.3) is 0 Å². The molecule has 0 fully saturated rings. The van der Waals surface area contributed by atoms with Gasteiger partial charge in [0.1, 0.15) is 0 Å². The molecule has 0 amide bonds. The van der Waals surface area contributed by atoms with E-state index in [1.807, 2.05) is 60.7 Å². The fourth-order valence-corrected chi connectivity index (χ4v) is 10.3. The molecular formula is C60H36N6. The molecule has 66 heavy (non-hydrogen) atoms. The first-order valence-electron chi connectivity index (χ1n) is 22.3. The van der Waals surface area contributed by atoms with Gasteiger partial charge in [0, 0.05) is 38.2 Å². The molecule has 0 atom stereocenters. The maximum absolute atomic E-state index is 5.44. The number of fused-ring (bicyclic) bond motifs is 13. The van der Waals surface area contributed by atoms with Gasteiger partial charge in [-0.25, -0.2) is 19.9 Å². The fourth-order valence-electron chi connectivity index (χ4n) is 10.3. The molecule has 0 radical (unpaired) electrons. The van der Waals surface area contributed by atoms with Gasteiger partial charge in [-0.3, -0.25) is 8.80 Å². The minimum Gasteiger partial charge on any atom is -0.278 e. The molecule has 0 saturated carbocycles. The average molecular weight is 841 g/mol. The van der Waals surface area contributed by atoms with Gasteiger partial charge in [-0.2, -0.15) is 0 Å². The lowest BCUT2D eigenvalue weighted by atomic mass is 9.92. The summed E-state index contributed by atoms with van der Waals surface area (Å²) in [7, 11) is 0. The van der Waals surface area contributed by atoms with E-state index in [0.717, 1.165) is 66.6 Å². The fraction of sp³-hybridized carbons (Fsp3) is 0. The third-order valence-corrected chi connectivity index (χ3v) is 13.3. The highest BCUT2D eigenvalue weighted by molar-refractivity contribution is 6.22. The highest BCUT2D eigenvalue weighted by Crippen LogP contribution is 2.42. The Morgan fingerprint density at radius 2 is 0.848 bits per heavy atom. The summed E-state index contributed by atoms with van der Waals surface area (Å²) in [4.78, 5) is 20.5. The van der Waals surface area contributed by atoms with Crippen LogP contribution < -0.4 is 0 Å². The molecule has 0 N–H and O–H groups in total. The van der Waals surface area contributed by atoms with Crippen LogP contribution in [0.4, 0.5) is 0 Å². The summed E-state index contributed by atoms with van der Waals surface area (Å²) in [5, 5.41) is 9.72. The van der Waals surface area contributed by atoms with E-state index in [1.165, 1.54) is 48.8 Å². The number of rotatable bonds is 5. The van der Waals surface area contributed by atoms with Crippen molar-refractivity contribution in [3.63, 3.8) is 0 Å². The molecule has 14 aromatic rings. The summed E-state index contributed by atoms with van der Waals surface area (Å²) in [5.41, 5.74) is 12.7. The molecule has 6 heteroatoms. The summed E-state index contributed by atoms with van der Waals surface area (Å²) < 4.78 is 4.74. The Morgan fingerprint density at radius 3 is 1.64 bits per heavy atom. The van der Waals surface area contributed by atoms with Crippen molar-refractivity contribution in [2.75, 3.05) is 0 Å². The molecule has 0 aliphatic heterocycles. The van der Waals surface area contributed by atoms with Crippen LogP contribution in [0.5, 0.6) is 0 Å². The van der Waals surface area contributed by atoms with Crippen molar-refractivity contribution in [1.29, 1.82) is 0 Å². The van der Waals surface area contributed by atoms with Crippen molar-refractivity contribution < 1.29 is 0 Å². The van der Waals surface area contributed by atoms with Crippen molar-refractivity contribution in [2.24, 2.45) is 0 Å². The van der Waals surface area contributed by atoms with Gasteiger partial charge in [0.05, 0.1) is 27.6 Å². The number of imidazole rings is 1. The van der Waals surface area contributed by atoms with Crippen LogP contribution >= 0.6 is 0 Å². The molecular weight excluding hydrogens is 805 g/mol. The van der Waals surface area contributed by atoms with Crippen molar-refractivity contribution >= 4 is 76.5 Å². The summed E-state index contributed by atoms with van der Waals surface area (Å²) >= 11 is 0. The maximum Gasteiger partial charge on any atom is 0.220 e. The van der Waals surface area contributed by atoms with Crippen molar-refractivity contribution in [2.45, 2.75) is 0 Å². The molecule has 306 valence electrons. The summed E-state index contributed by atoms with van der Waals surface area (Å²) in [6.07, 6.45) is 0. The van der Waals surface area contributed by atoms with Crippen LogP contribution in [0.25, 0.3) is 133 Å². The van der Waals surface area contributed by atoms with Crippen LogP contribution in [0.2, 0.25) is 0 Å². The molecule has 0 bridgehead atoms. The highest BCUT2D eigenvalue weighted by atomic mass is 15.1. The van der Waals surface area contributed by atoms with Crippen molar-refractivity contribution in [3.8, 4) is 56.4 Å². The van der Waals surface area contributed by atoms with E-state index in [1.54, 1.807) is 0 Å². The first-order valence-corrected chi connectivity index (χ1v) is 22.3. The molecule has 0 unspecified atom stereocenters. The highest BCUT2D eigenvalue weighted by Gasteiger charge is 2.21. The van der Waals surface area contributed by atoms with Gasteiger partial charge in [-0.15, -0.1) is 0 Å². The monoisotopic (exact) mass is 840 g/mol. The summed E-state index contributed by atoms with van der Waals surface area (Å²) in [6.45, 7) is 0. The van der Waals surface area contributed by atoms with Crippen LogP contribution in [-0.4, -0.2) is 28.7 Å². The number of nitrogens with zero attached hydrogens (tertiary/aromatic N) is 6. The second-order valence-corrected chi connectivity index (χ2v) is 17.0. The quantitative estimate of drug-likeness (QED) is 0.162. The Labute approximate surface area is 378 Å². The van der Waals surface area contributed by atoms with E-state index in [-0.39, 0.29) is 0 Å². The van der Waals surface area contributed by atoms with Gasteiger partial charge in [-0.05, 0) is 86.3 Å². The normalized spacial score (nSPS) is 11.9. The van der Waals surface area contributed by atoms with Crippen LogP contribution in [0, 0.1) is 0 Å². The van der Waals surface area contributed by atoms with Gasteiger partial charge < -0.3 is 0 Å². The first-order chi connectivity index (χ1) is 32.7. The number of hydrogen-bond donors (Lipinski definition) is 0. The minimum absolute atomic E-state index is 0.622. The molecule has 14 rings (SSSR count). The zero-order valence-electron chi connectivity index (χ0n) is 35.5. The first kappa shape index (κ1) is 36.5. The lowest BCUT2D eigenvalue weighted by Crippen LogP contribution is -2.00. The predicted octanol–water partition coefficient (Wildman–Crippen LogP) is 15.0. The van der Waals surface area contributed by atoms with E-state index in [0.29, 0.717) is 17.5 Å². The average Bonchev–Trinajstić information content (AvgIpc) is 3.90. The standard InChI is InChI=1S/C60H36N6/c1-3-15-37(16-4-1)57-62-58(38-17-5-2-6-18-38)64-59(63-57)43-21-13-20-39(33-43)40-29-31-47-48-25-14-26-49-51-35-42(50-34-41-19-7-8-22-44(41)45-23-9-10-24-46(45)50)30-32-53(51)66(56(48)49)60-61-52-27-11-12-28-54(52)65(60)55(47)36-40/h1-36H. The van der Waals surface area contributed by atoms with E-state index in [2.05, 4.69) is 167 Å². The second kappa shape index (κ2) is 14.3. The van der Waals surface area contributed by atoms with E-state index < -0.39 is 0 Å². The summed E-state index contributed by atoms with van der Waals surface area (Å²) in [5.74, 6) is 2.76. The second-order valence-electron chi connectivity index (χ2n) is 17.0. The van der Waals surface area contributed by atoms with Gasteiger partial charge in [-0.1, -0.05) is 176 Å². The molecule has 6 nitrogen and oxygen atoms in total. The third kappa shape index (κ3) is 5.55. The van der Waals surface area contributed by atoms with Gasteiger partial charge in [0.15, 0.2) is 17.5 Å². The number of benzene rings is 10. The molecule has 0 aliphatic rings. The molecule has 0 saturated heterocycles. The number of para-hydroxylation sites is 3. The lowest BCUT2D eigenvalue weighted by molar-refractivity contribution is 1.07. The largest absolute Gasteiger partial charge is 0.278 e. The predicted molar refractivity (Wildman–Crippen MR) is 272 cm³/mol. The van der Waals surface area contributed by atoms with Gasteiger partial charge in [0.2, 0.25) is 5.78 Å². The van der Waals surface area contributed by atoms with Crippen LogP contribution in [0.15, 0.2) is 218 Å². The van der Waals surface area contributed by atoms with E-state index in [4.69, 9.17) is 19.9 Å². The Balaban J connectivity index is 0.990. The Hall–Kier alpha value is -9.00. The van der Waals surface area contributed by atoms with Crippen LogP contribution in [-0.2, 0) is 0 Å². The molecule has 4 aromatic heterocycles. The van der Waals surface area contributed by atoms with Crippen LogP contribution in [0.3, 0.4) is 0 Å². The maximum atomic E-state index is 5.44. The Morgan fingerprint density at radius 1 is 0.273 bits per heavy atom. The number of aromatic nitrogens is 6. The zero-order chi connectivity index (χ0) is 43.3. The molecule has 10 aromatic carbocycles. The Bertz CT molecular complexity index is 4230. The van der Waals surface area contributed by atoms with Gasteiger partial charge >= 0.3 is 0 Å². The minimum atomic E-state index is 0.622. The third-order valence-electron chi connectivity index (χ3n) is 13.3. The summed E-state index contributed by atoms with van der Waals surface area (Å²) in [6, 6.07) is 77.6. The van der Waals surface area contributed by atoms with Crippen molar-refractivity contribution in [3.05, 3.63) is 218 Å². The SMILES string of the molecule is c1ccc(-c2nc(-c3ccccc3)nc(-c3cccc(-c4ccc5c6cccc7c8cc(-c9cc%10ccccc%10c%10ccccc9%10)ccc8n(c67)c6nc7ccccc7n6c5c4)c3)n2)cc1. The Kier molecular flexibility index (Phi) is 7.88. The molecule has 0 spiro atoms.